The largest absolute Gasteiger partial charge is 0.493 e. The predicted molar refractivity (Wildman–Crippen MR) is 145 cm³/mol. The van der Waals surface area contributed by atoms with Gasteiger partial charge in [0.2, 0.25) is 10.0 Å². The molecule has 0 aliphatic carbocycles. The maximum Gasteiger partial charge on any atom is 0.213 e. The highest BCUT2D eigenvalue weighted by Gasteiger charge is 2.19. The fraction of sp³-hybridized carbons (Fsp3) is 0.538. The molecule has 1 fully saturated rings. The number of methoxy groups -OCH3 is 2. The third-order valence-electron chi connectivity index (χ3n) is 6.35. The monoisotopic (exact) mass is 504 g/mol. The van der Waals surface area contributed by atoms with Crippen LogP contribution < -0.4 is 29.3 Å². The lowest BCUT2D eigenvalue weighted by Crippen LogP contribution is -2.46. The highest BCUT2D eigenvalue weighted by atomic mass is 32.2. The van der Waals surface area contributed by atoms with Gasteiger partial charge in [-0.1, -0.05) is 6.42 Å². The summed E-state index contributed by atoms with van der Waals surface area (Å²) in [6.07, 6.45) is 2.83. The Kier molecular flexibility index (Phi) is 9.92. The molecule has 1 aliphatic rings. The first-order valence-electron chi connectivity index (χ1n) is 12.4. The van der Waals surface area contributed by atoms with Crippen LogP contribution in [0.15, 0.2) is 42.5 Å². The molecule has 0 radical (unpaired) electrons. The quantitative estimate of drug-likeness (QED) is 0.400. The van der Waals surface area contributed by atoms with Crippen molar-refractivity contribution in [3.63, 3.8) is 0 Å². The summed E-state index contributed by atoms with van der Waals surface area (Å²) >= 11 is 0. The van der Waals surface area contributed by atoms with Crippen LogP contribution in [-0.4, -0.2) is 67.2 Å². The van der Waals surface area contributed by atoms with Crippen LogP contribution in [0.5, 0.6) is 11.5 Å². The first-order chi connectivity index (χ1) is 16.8. The molecule has 0 aromatic heterocycles. The van der Waals surface area contributed by atoms with Crippen molar-refractivity contribution in [3.8, 4) is 11.5 Å². The van der Waals surface area contributed by atoms with E-state index in [1.54, 1.807) is 28.1 Å². The van der Waals surface area contributed by atoms with E-state index in [4.69, 9.17) is 9.47 Å². The topological polar surface area (TPSA) is 83.1 Å². The van der Waals surface area contributed by atoms with Crippen LogP contribution >= 0.6 is 0 Å². The predicted octanol–water partition coefficient (Wildman–Crippen LogP) is 3.94. The van der Waals surface area contributed by atoms with Gasteiger partial charge < -0.3 is 24.6 Å². The number of ether oxygens (including phenoxy) is 2. The molecule has 3 rings (SSSR count). The van der Waals surface area contributed by atoms with Crippen LogP contribution in [0, 0.1) is 0 Å². The fourth-order valence-corrected chi connectivity index (χ4v) is 4.84. The van der Waals surface area contributed by atoms with Gasteiger partial charge in [0.25, 0.3) is 0 Å². The van der Waals surface area contributed by atoms with E-state index in [-0.39, 0.29) is 5.25 Å². The molecule has 35 heavy (non-hydrogen) atoms. The lowest BCUT2D eigenvalue weighted by molar-refractivity contribution is 0.355. The van der Waals surface area contributed by atoms with E-state index >= 15 is 0 Å². The van der Waals surface area contributed by atoms with Gasteiger partial charge in [0.1, 0.15) is 0 Å². The molecule has 0 saturated carbocycles. The molecule has 194 valence electrons. The summed E-state index contributed by atoms with van der Waals surface area (Å²) < 4.78 is 36.9. The van der Waals surface area contributed by atoms with E-state index in [9.17, 15) is 8.42 Å². The van der Waals surface area contributed by atoms with E-state index in [1.165, 1.54) is 5.69 Å². The van der Waals surface area contributed by atoms with E-state index in [1.807, 2.05) is 12.1 Å². The van der Waals surface area contributed by atoms with Gasteiger partial charge in [-0.05, 0) is 63.1 Å². The smallest absolute Gasteiger partial charge is 0.213 e. The summed E-state index contributed by atoms with van der Waals surface area (Å²) in [4.78, 5) is 4.79. The van der Waals surface area contributed by atoms with Crippen LogP contribution in [0.3, 0.4) is 0 Å². The SMILES string of the molecule is COc1ccc(N2CCN(c3ccc(NCCCCCNS(=O)(=O)C(C)C)cc3)CC2)cc1OC. The molecule has 9 heteroatoms. The van der Waals surface area contributed by atoms with Gasteiger partial charge in [0.15, 0.2) is 11.5 Å². The van der Waals surface area contributed by atoms with Crippen molar-refractivity contribution < 1.29 is 17.9 Å². The molecule has 2 aromatic rings. The summed E-state index contributed by atoms with van der Waals surface area (Å²) in [5.74, 6) is 1.50. The molecule has 1 saturated heterocycles. The minimum Gasteiger partial charge on any atom is -0.493 e. The second-order valence-electron chi connectivity index (χ2n) is 9.04. The van der Waals surface area contributed by atoms with Gasteiger partial charge in [0, 0.05) is 62.4 Å². The Morgan fingerprint density at radius 3 is 1.97 bits per heavy atom. The number of benzene rings is 2. The van der Waals surface area contributed by atoms with Crippen LogP contribution in [-0.2, 0) is 10.0 Å². The average Bonchev–Trinajstić information content (AvgIpc) is 2.88. The number of rotatable bonds is 13. The van der Waals surface area contributed by atoms with Gasteiger partial charge >= 0.3 is 0 Å². The van der Waals surface area contributed by atoms with Crippen LogP contribution in [0.2, 0.25) is 0 Å². The molecular weight excluding hydrogens is 464 g/mol. The maximum absolute atomic E-state index is 11.7. The van der Waals surface area contributed by atoms with Crippen molar-refractivity contribution in [1.29, 1.82) is 0 Å². The number of unbranched alkanes of at least 4 members (excludes halogenated alkanes) is 2. The number of anilines is 3. The van der Waals surface area contributed by atoms with Gasteiger partial charge in [-0.25, -0.2) is 13.1 Å². The van der Waals surface area contributed by atoms with Crippen LogP contribution in [0.1, 0.15) is 33.1 Å². The van der Waals surface area contributed by atoms with Gasteiger partial charge in [-0.3, -0.25) is 0 Å². The molecule has 2 aromatic carbocycles. The highest BCUT2D eigenvalue weighted by Crippen LogP contribution is 2.32. The Morgan fingerprint density at radius 1 is 0.800 bits per heavy atom. The first kappa shape index (κ1) is 26.9. The standard InChI is InChI=1S/C26H40N4O4S/c1-21(2)35(31,32)28-15-7-5-6-14-27-22-8-10-23(11-9-22)29-16-18-30(19-17-29)24-12-13-25(33-3)26(20-24)34-4/h8-13,20-21,27-28H,5-7,14-19H2,1-4H3. The minimum atomic E-state index is -3.15. The molecule has 0 bridgehead atoms. The zero-order chi connectivity index (χ0) is 25.3. The molecule has 0 atom stereocenters. The summed E-state index contributed by atoms with van der Waals surface area (Å²) in [5.41, 5.74) is 3.50. The molecule has 1 heterocycles. The maximum atomic E-state index is 11.7. The molecular formula is C26H40N4O4S. The third kappa shape index (κ3) is 7.67. The van der Waals surface area contributed by atoms with Crippen molar-refractivity contribution in [1.82, 2.24) is 4.72 Å². The number of nitrogens with zero attached hydrogens (tertiary/aromatic N) is 2. The zero-order valence-electron chi connectivity index (χ0n) is 21.4. The summed E-state index contributed by atoms with van der Waals surface area (Å²) in [7, 11) is 0.167. The summed E-state index contributed by atoms with van der Waals surface area (Å²) in [6.45, 7) is 8.58. The second kappa shape index (κ2) is 12.9. The number of sulfonamides is 1. The van der Waals surface area contributed by atoms with Crippen molar-refractivity contribution in [3.05, 3.63) is 42.5 Å². The molecule has 0 unspecified atom stereocenters. The Labute approximate surface area is 210 Å². The van der Waals surface area contributed by atoms with Gasteiger partial charge in [-0.2, -0.15) is 0 Å². The van der Waals surface area contributed by atoms with E-state index < -0.39 is 10.0 Å². The number of hydrogen-bond donors (Lipinski definition) is 2. The number of nitrogens with one attached hydrogen (secondary N) is 2. The van der Waals surface area contributed by atoms with E-state index in [0.717, 1.165) is 74.9 Å². The third-order valence-corrected chi connectivity index (χ3v) is 8.20. The van der Waals surface area contributed by atoms with Crippen LogP contribution in [0.25, 0.3) is 0 Å². The van der Waals surface area contributed by atoms with Crippen molar-refractivity contribution in [2.75, 3.05) is 68.6 Å². The normalized spacial score (nSPS) is 14.3. The molecule has 1 aliphatic heterocycles. The fourth-order valence-electron chi connectivity index (χ4n) is 4.08. The molecule has 8 nitrogen and oxygen atoms in total. The van der Waals surface area contributed by atoms with Gasteiger partial charge in [0.05, 0.1) is 19.5 Å². The summed E-state index contributed by atoms with van der Waals surface area (Å²) in [6, 6.07) is 14.7. The Morgan fingerprint density at radius 2 is 1.37 bits per heavy atom. The first-order valence-corrected chi connectivity index (χ1v) is 13.9. The lowest BCUT2D eigenvalue weighted by atomic mass is 10.2. The molecule has 0 spiro atoms. The van der Waals surface area contributed by atoms with Crippen molar-refractivity contribution in [2.45, 2.75) is 38.4 Å². The van der Waals surface area contributed by atoms with Crippen molar-refractivity contribution in [2.24, 2.45) is 0 Å². The van der Waals surface area contributed by atoms with E-state index in [0.29, 0.717) is 6.54 Å². The van der Waals surface area contributed by atoms with Gasteiger partial charge in [-0.15, -0.1) is 0 Å². The summed E-state index contributed by atoms with van der Waals surface area (Å²) in [5, 5.41) is 3.08. The molecule has 2 N–H and O–H groups in total. The average molecular weight is 505 g/mol. The number of hydrogen-bond acceptors (Lipinski definition) is 7. The van der Waals surface area contributed by atoms with Crippen LogP contribution in [0.4, 0.5) is 17.1 Å². The zero-order valence-corrected chi connectivity index (χ0v) is 22.2. The minimum absolute atomic E-state index is 0.381. The van der Waals surface area contributed by atoms with Crippen molar-refractivity contribution >= 4 is 27.1 Å². The number of piperazine rings is 1. The highest BCUT2D eigenvalue weighted by molar-refractivity contribution is 7.90. The Hall–Kier alpha value is -2.65. The lowest BCUT2D eigenvalue weighted by Gasteiger charge is -2.37. The Balaban J connectivity index is 1.38. The van der Waals surface area contributed by atoms with E-state index in [2.05, 4.69) is 50.2 Å². The Bertz CT molecular complexity index is 1020. The second-order valence-corrected chi connectivity index (χ2v) is 11.4. The molecule has 0 amide bonds.